The number of halogens is 1. The molecule has 2 aromatic rings. The Balaban J connectivity index is 1.78. The van der Waals surface area contributed by atoms with Crippen LogP contribution in [0, 0.1) is 20.2 Å². The third-order valence-corrected chi connectivity index (χ3v) is 6.47. The smallest absolute Gasteiger partial charge is 0.291 e. The molecule has 0 bridgehead atoms. The zero-order chi connectivity index (χ0) is 22.7. The van der Waals surface area contributed by atoms with Crippen LogP contribution in [-0.4, -0.2) is 51.2 Å². The van der Waals surface area contributed by atoms with E-state index < -0.39 is 27.1 Å². The average molecular weight is 482 g/mol. The van der Waals surface area contributed by atoms with Crippen molar-refractivity contribution in [2.75, 3.05) is 31.1 Å². The second kappa shape index (κ2) is 9.45. The molecule has 0 radical (unpaired) electrons. The maximum absolute atomic E-state index is 11.8. The molecule has 1 aliphatic rings. The van der Waals surface area contributed by atoms with Gasteiger partial charge in [0.1, 0.15) is 9.22 Å². The fourth-order valence-corrected chi connectivity index (χ4v) is 4.63. The first-order valence-corrected chi connectivity index (χ1v) is 10.5. The van der Waals surface area contributed by atoms with E-state index in [1.54, 1.807) is 0 Å². The fourth-order valence-electron chi connectivity index (χ4n) is 3.08. The summed E-state index contributed by atoms with van der Waals surface area (Å²) in [6, 6.07) is 9.19. The number of carbonyl (C=O) groups excluding carboxylic acids is 1. The van der Waals surface area contributed by atoms with Crippen molar-refractivity contribution < 1.29 is 14.6 Å². The summed E-state index contributed by atoms with van der Waals surface area (Å²) in [4.78, 5) is 36.7. The van der Waals surface area contributed by atoms with E-state index in [-0.39, 0.29) is 10.5 Å². The minimum atomic E-state index is -1.01. The van der Waals surface area contributed by atoms with Crippen LogP contribution in [0.25, 0.3) is 0 Å². The van der Waals surface area contributed by atoms with Crippen LogP contribution in [0.3, 0.4) is 0 Å². The maximum atomic E-state index is 11.8. The van der Waals surface area contributed by atoms with Gasteiger partial charge in [0, 0.05) is 43.0 Å². The number of carbonyl (C=O) groups is 1. The fraction of sp³-hybridized carbons (Fsp3) is 0.222. The van der Waals surface area contributed by atoms with Crippen LogP contribution in [0.2, 0.25) is 5.02 Å². The number of primary amides is 1. The van der Waals surface area contributed by atoms with Crippen LogP contribution >= 0.6 is 35.6 Å². The molecule has 0 aromatic heterocycles. The van der Waals surface area contributed by atoms with Crippen molar-refractivity contribution >= 4 is 62.9 Å². The number of nitrogens with two attached hydrogens (primary N) is 1. The standard InChI is InChI=1S/C18H16ClN5O5S2/c19-11-1-3-12(4-2-11)21-5-7-22(8-6-21)18(30)31-16-14(17(20)25)9-13(23(26)27)10-15(16)24(28)29/h1-4,9-10H,5-8H2,(H2,20,25). The van der Waals surface area contributed by atoms with Gasteiger partial charge in [0.05, 0.1) is 21.5 Å². The predicted molar refractivity (Wildman–Crippen MR) is 122 cm³/mol. The zero-order valence-corrected chi connectivity index (χ0v) is 18.3. The number of hydrogen-bond acceptors (Lipinski definition) is 8. The molecular formula is C18H16ClN5O5S2. The predicted octanol–water partition coefficient (Wildman–Crippen LogP) is 3.45. The van der Waals surface area contributed by atoms with Gasteiger partial charge in [-0.1, -0.05) is 35.6 Å². The van der Waals surface area contributed by atoms with Gasteiger partial charge >= 0.3 is 0 Å². The molecule has 0 unspecified atom stereocenters. The van der Waals surface area contributed by atoms with E-state index in [0.717, 1.165) is 29.6 Å². The van der Waals surface area contributed by atoms with E-state index in [0.29, 0.717) is 35.5 Å². The number of nitrogens with zero attached hydrogens (tertiary/aromatic N) is 4. The molecule has 0 saturated carbocycles. The molecule has 31 heavy (non-hydrogen) atoms. The topological polar surface area (TPSA) is 136 Å². The lowest BCUT2D eigenvalue weighted by Gasteiger charge is -2.37. The number of piperazine rings is 1. The summed E-state index contributed by atoms with van der Waals surface area (Å²) < 4.78 is 0.315. The summed E-state index contributed by atoms with van der Waals surface area (Å²) in [5.41, 5.74) is 4.86. The second-order valence-electron chi connectivity index (χ2n) is 6.54. The van der Waals surface area contributed by atoms with Crippen molar-refractivity contribution in [3.05, 3.63) is 67.2 Å². The second-order valence-corrected chi connectivity index (χ2v) is 8.62. The minimum absolute atomic E-state index is 0.103. The van der Waals surface area contributed by atoms with Crippen molar-refractivity contribution in [3.63, 3.8) is 0 Å². The zero-order valence-electron chi connectivity index (χ0n) is 15.9. The first-order valence-electron chi connectivity index (χ1n) is 8.91. The molecule has 0 aliphatic carbocycles. The highest BCUT2D eigenvalue weighted by Gasteiger charge is 2.29. The van der Waals surface area contributed by atoms with Gasteiger partial charge in [-0.25, -0.2) is 0 Å². The average Bonchev–Trinajstić information content (AvgIpc) is 2.73. The third-order valence-electron chi connectivity index (χ3n) is 4.65. The van der Waals surface area contributed by atoms with Crippen LogP contribution in [0.5, 0.6) is 0 Å². The molecule has 2 N–H and O–H groups in total. The molecule has 0 atom stereocenters. The van der Waals surface area contributed by atoms with Crippen molar-refractivity contribution in [1.82, 2.24) is 4.90 Å². The molecule has 13 heteroatoms. The number of rotatable bonds is 5. The van der Waals surface area contributed by atoms with E-state index in [4.69, 9.17) is 29.6 Å². The molecule has 1 aliphatic heterocycles. The highest BCUT2D eigenvalue weighted by Crippen LogP contribution is 2.37. The van der Waals surface area contributed by atoms with Gasteiger partial charge < -0.3 is 15.5 Å². The van der Waals surface area contributed by atoms with Gasteiger partial charge in [-0.15, -0.1) is 0 Å². The lowest BCUT2D eigenvalue weighted by molar-refractivity contribution is -0.396. The normalized spacial score (nSPS) is 13.7. The molecular weight excluding hydrogens is 466 g/mol. The van der Waals surface area contributed by atoms with Gasteiger partial charge in [0.15, 0.2) is 0 Å². The van der Waals surface area contributed by atoms with E-state index in [2.05, 4.69) is 4.90 Å². The van der Waals surface area contributed by atoms with E-state index in [9.17, 15) is 25.0 Å². The number of amides is 1. The van der Waals surface area contributed by atoms with Crippen LogP contribution in [0.15, 0.2) is 41.3 Å². The molecule has 1 amide bonds. The number of non-ortho nitro benzene ring substituents is 1. The summed E-state index contributed by atoms with van der Waals surface area (Å²) in [5, 5.41) is 23.2. The van der Waals surface area contributed by atoms with Gasteiger partial charge in [-0.3, -0.25) is 25.0 Å². The summed E-state index contributed by atoms with van der Waals surface area (Å²) in [6.07, 6.45) is 0. The first kappa shape index (κ1) is 22.7. The highest BCUT2D eigenvalue weighted by molar-refractivity contribution is 8.23. The Bertz CT molecular complexity index is 1020. The Labute approximate surface area is 191 Å². The number of thioether (sulfide) groups is 1. The molecule has 1 fully saturated rings. The molecule has 1 saturated heterocycles. The Morgan fingerprint density at radius 1 is 1.06 bits per heavy atom. The van der Waals surface area contributed by atoms with Crippen LogP contribution in [-0.2, 0) is 0 Å². The number of hydrogen-bond donors (Lipinski definition) is 1. The van der Waals surface area contributed by atoms with E-state index in [1.807, 2.05) is 29.2 Å². The number of nitro groups is 2. The Morgan fingerprint density at radius 2 is 1.68 bits per heavy atom. The summed E-state index contributed by atoms with van der Waals surface area (Å²) in [6.45, 7) is 2.43. The molecule has 3 rings (SSSR count). The van der Waals surface area contributed by atoms with Crippen LogP contribution in [0.4, 0.5) is 17.1 Å². The van der Waals surface area contributed by atoms with Gasteiger partial charge in [-0.2, -0.15) is 0 Å². The van der Waals surface area contributed by atoms with E-state index >= 15 is 0 Å². The lowest BCUT2D eigenvalue weighted by Crippen LogP contribution is -2.47. The SMILES string of the molecule is NC(=O)c1cc([N+](=O)[O-])cc([N+](=O)[O-])c1SC(=S)N1CCN(c2ccc(Cl)cc2)CC1. The molecule has 1 heterocycles. The molecule has 0 spiro atoms. The quantitative estimate of drug-likeness (QED) is 0.294. The lowest BCUT2D eigenvalue weighted by atomic mass is 10.1. The van der Waals surface area contributed by atoms with Gasteiger partial charge in [0.2, 0.25) is 5.91 Å². The highest BCUT2D eigenvalue weighted by atomic mass is 35.5. The molecule has 10 nitrogen and oxygen atoms in total. The van der Waals surface area contributed by atoms with Crippen LogP contribution < -0.4 is 10.6 Å². The summed E-state index contributed by atoms with van der Waals surface area (Å²) in [7, 11) is 0. The minimum Gasteiger partial charge on any atom is -0.368 e. The van der Waals surface area contributed by atoms with Crippen molar-refractivity contribution in [3.8, 4) is 0 Å². The first-order chi connectivity index (χ1) is 14.7. The summed E-state index contributed by atoms with van der Waals surface area (Å²) >= 11 is 12.2. The Kier molecular flexibility index (Phi) is 6.93. The van der Waals surface area contributed by atoms with Crippen LogP contribution in [0.1, 0.15) is 10.4 Å². The number of anilines is 1. The van der Waals surface area contributed by atoms with Gasteiger partial charge in [0.25, 0.3) is 11.4 Å². The summed E-state index contributed by atoms with van der Waals surface area (Å²) in [5.74, 6) is -1.01. The Hall–Kier alpha value is -2.96. The number of benzene rings is 2. The largest absolute Gasteiger partial charge is 0.368 e. The van der Waals surface area contributed by atoms with Crippen molar-refractivity contribution in [2.24, 2.45) is 5.73 Å². The molecule has 162 valence electrons. The van der Waals surface area contributed by atoms with E-state index in [1.165, 1.54) is 0 Å². The molecule has 2 aromatic carbocycles. The van der Waals surface area contributed by atoms with Crippen molar-refractivity contribution in [1.29, 1.82) is 0 Å². The third kappa shape index (κ3) is 5.21. The maximum Gasteiger partial charge on any atom is 0.291 e. The Morgan fingerprint density at radius 3 is 2.19 bits per heavy atom. The number of thiocarbonyl (C=S) groups is 1. The number of nitro benzene ring substituents is 2. The van der Waals surface area contributed by atoms with Crippen molar-refractivity contribution in [2.45, 2.75) is 4.90 Å². The monoisotopic (exact) mass is 481 g/mol. The van der Waals surface area contributed by atoms with Gasteiger partial charge in [-0.05, 0) is 24.3 Å².